The van der Waals surface area contributed by atoms with Crippen LogP contribution in [0.25, 0.3) is 22.1 Å². The van der Waals surface area contributed by atoms with E-state index in [4.69, 9.17) is 9.15 Å². The second-order valence-corrected chi connectivity index (χ2v) is 7.49. The van der Waals surface area contributed by atoms with E-state index in [0.29, 0.717) is 23.1 Å². The van der Waals surface area contributed by atoms with E-state index in [9.17, 15) is 9.90 Å². The van der Waals surface area contributed by atoms with Gasteiger partial charge in [-0.05, 0) is 55.5 Å². The zero-order chi connectivity index (χ0) is 19.5. The predicted molar refractivity (Wildman–Crippen MR) is 109 cm³/mol. The molecule has 5 nitrogen and oxygen atoms in total. The Hall–Kier alpha value is -2.79. The topological polar surface area (TPSA) is 64.1 Å². The maximum Gasteiger partial charge on any atom is 0.200 e. The number of methoxy groups -OCH3 is 1. The first-order chi connectivity index (χ1) is 13.7. The molecule has 4 rings (SSSR count). The van der Waals surface area contributed by atoms with Gasteiger partial charge in [0.1, 0.15) is 29.9 Å². The largest absolute Gasteiger partial charge is 0.507 e. The van der Waals surface area contributed by atoms with E-state index in [2.05, 4.69) is 0 Å². The van der Waals surface area contributed by atoms with E-state index >= 15 is 0 Å². The first-order valence-corrected chi connectivity index (χ1v) is 9.91. The predicted octanol–water partition coefficient (Wildman–Crippen LogP) is 3.13. The highest BCUT2D eigenvalue weighted by atomic mass is 16.5. The van der Waals surface area contributed by atoms with Crippen LogP contribution in [-0.2, 0) is 6.54 Å². The van der Waals surface area contributed by atoms with E-state index in [1.807, 2.05) is 24.3 Å². The number of quaternary nitrogens is 1. The van der Waals surface area contributed by atoms with E-state index in [0.717, 1.165) is 30.0 Å². The highest BCUT2D eigenvalue weighted by molar-refractivity contribution is 5.85. The van der Waals surface area contributed by atoms with Crippen molar-refractivity contribution >= 4 is 11.0 Å². The van der Waals surface area contributed by atoms with Crippen molar-refractivity contribution < 1.29 is 19.2 Å². The molecule has 5 heteroatoms. The molecule has 0 unspecified atom stereocenters. The number of phenols is 1. The number of likely N-dealkylation sites (tertiary alicyclic amines) is 1. The van der Waals surface area contributed by atoms with E-state index in [-0.39, 0.29) is 11.2 Å². The van der Waals surface area contributed by atoms with Crippen molar-refractivity contribution in [3.8, 4) is 22.6 Å². The SMILES string of the molecule is COc1ccc(-c2coc3c(C[NH+]4CCCCCC4)c(O)ccc3c2=O)cc1. The number of hydrogen-bond donors (Lipinski definition) is 2. The fraction of sp³-hybridized carbons (Fsp3) is 0.348. The van der Waals surface area contributed by atoms with Crippen molar-refractivity contribution in [2.24, 2.45) is 0 Å². The molecule has 1 aliphatic heterocycles. The van der Waals surface area contributed by atoms with Gasteiger partial charge in [-0.25, -0.2) is 0 Å². The number of fused-ring (bicyclic) bond motifs is 1. The van der Waals surface area contributed by atoms with Crippen LogP contribution in [0.1, 0.15) is 31.2 Å². The van der Waals surface area contributed by atoms with Crippen molar-refractivity contribution in [2.75, 3.05) is 20.2 Å². The van der Waals surface area contributed by atoms with Gasteiger partial charge in [-0.2, -0.15) is 0 Å². The van der Waals surface area contributed by atoms with Gasteiger partial charge < -0.3 is 19.2 Å². The molecule has 2 N–H and O–H groups in total. The zero-order valence-electron chi connectivity index (χ0n) is 16.2. The number of ether oxygens (including phenoxy) is 1. The fourth-order valence-corrected chi connectivity index (χ4v) is 4.04. The van der Waals surface area contributed by atoms with E-state index < -0.39 is 0 Å². The van der Waals surface area contributed by atoms with Gasteiger partial charge in [0.25, 0.3) is 0 Å². The van der Waals surface area contributed by atoms with Gasteiger partial charge in [0.05, 0.1) is 36.7 Å². The minimum absolute atomic E-state index is 0.0847. The number of rotatable bonds is 4. The maximum atomic E-state index is 13.1. The average Bonchev–Trinajstić information content (AvgIpc) is 2.99. The molecule has 146 valence electrons. The lowest BCUT2D eigenvalue weighted by Gasteiger charge is -2.18. The molecule has 2 heterocycles. The molecule has 0 spiro atoms. The number of aromatic hydroxyl groups is 1. The first-order valence-electron chi connectivity index (χ1n) is 9.91. The first kappa shape index (κ1) is 18.6. The molecule has 0 radical (unpaired) electrons. The van der Waals surface area contributed by atoms with Crippen LogP contribution in [0.15, 0.2) is 51.9 Å². The molecule has 2 aromatic carbocycles. The lowest BCUT2D eigenvalue weighted by Crippen LogP contribution is -3.10. The monoisotopic (exact) mass is 380 g/mol. The molecule has 3 aromatic rings. The summed E-state index contributed by atoms with van der Waals surface area (Å²) in [6.45, 7) is 2.85. The Kier molecular flexibility index (Phi) is 5.35. The molecule has 1 aliphatic rings. The third kappa shape index (κ3) is 3.62. The van der Waals surface area contributed by atoms with Crippen LogP contribution in [-0.4, -0.2) is 25.3 Å². The second kappa shape index (κ2) is 8.07. The Morgan fingerprint density at radius 1 is 1.04 bits per heavy atom. The molecular formula is C23H26NO4+. The van der Waals surface area contributed by atoms with Crippen LogP contribution in [0.3, 0.4) is 0 Å². The maximum absolute atomic E-state index is 13.1. The van der Waals surface area contributed by atoms with Crippen molar-refractivity contribution in [2.45, 2.75) is 32.2 Å². The molecular weight excluding hydrogens is 354 g/mol. The van der Waals surface area contributed by atoms with Gasteiger partial charge in [0, 0.05) is 0 Å². The van der Waals surface area contributed by atoms with Crippen molar-refractivity contribution in [1.82, 2.24) is 0 Å². The average molecular weight is 380 g/mol. The summed E-state index contributed by atoms with van der Waals surface area (Å²) in [6, 6.07) is 10.6. The summed E-state index contributed by atoms with van der Waals surface area (Å²) < 4.78 is 11.1. The lowest BCUT2D eigenvalue weighted by molar-refractivity contribution is -0.913. The summed E-state index contributed by atoms with van der Waals surface area (Å²) >= 11 is 0. The summed E-state index contributed by atoms with van der Waals surface area (Å²) in [5.74, 6) is 0.936. The van der Waals surface area contributed by atoms with Gasteiger partial charge >= 0.3 is 0 Å². The van der Waals surface area contributed by atoms with Crippen LogP contribution < -0.4 is 15.1 Å². The Bertz CT molecular complexity index is 1020. The Morgan fingerprint density at radius 3 is 2.43 bits per heavy atom. The van der Waals surface area contributed by atoms with Crippen molar-refractivity contribution in [1.29, 1.82) is 0 Å². The summed E-state index contributed by atoms with van der Waals surface area (Å²) in [7, 11) is 1.61. The number of nitrogens with one attached hydrogen (secondary N) is 1. The standard InChI is InChI=1S/C23H25NO4/c1-27-17-8-6-16(7-9-17)20-15-28-23-18(22(20)26)10-11-21(25)19(23)14-24-12-4-2-3-5-13-24/h6-11,15,25H,2-5,12-14H2,1H3/p+1. The molecule has 0 saturated carbocycles. The van der Waals surface area contributed by atoms with Crippen LogP contribution >= 0.6 is 0 Å². The summed E-state index contributed by atoms with van der Waals surface area (Å²) in [5, 5.41) is 11.0. The molecule has 0 atom stereocenters. The molecule has 0 aliphatic carbocycles. The van der Waals surface area contributed by atoms with E-state index in [1.165, 1.54) is 36.8 Å². The smallest absolute Gasteiger partial charge is 0.200 e. The zero-order valence-corrected chi connectivity index (χ0v) is 16.2. The minimum atomic E-state index is -0.0847. The van der Waals surface area contributed by atoms with Gasteiger partial charge in [-0.15, -0.1) is 0 Å². The van der Waals surface area contributed by atoms with Gasteiger partial charge in [0.2, 0.25) is 5.43 Å². The second-order valence-electron chi connectivity index (χ2n) is 7.49. The third-order valence-corrected chi connectivity index (χ3v) is 5.66. The molecule has 0 amide bonds. The third-order valence-electron chi connectivity index (χ3n) is 5.66. The van der Waals surface area contributed by atoms with Crippen LogP contribution in [0.4, 0.5) is 0 Å². The van der Waals surface area contributed by atoms with Gasteiger partial charge in [-0.3, -0.25) is 4.79 Å². The molecule has 1 fully saturated rings. The molecule has 0 bridgehead atoms. The molecule has 28 heavy (non-hydrogen) atoms. The van der Waals surface area contributed by atoms with Gasteiger partial charge in [-0.1, -0.05) is 12.1 Å². The molecule has 1 aromatic heterocycles. The summed E-state index contributed by atoms with van der Waals surface area (Å²) in [6.07, 6.45) is 6.45. The fourth-order valence-electron chi connectivity index (χ4n) is 4.04. The van der Waals surface area contributed by atoms with Crippen LogP contribution in [0.5, 0.6) is 11.5 Å². The lowest BCUT2D eigenvalue weighted by atomic mass is 10.0. The minimum Gasteiger partial charge on any atom is -0.507 e. The highest BCUT2D eigenvalue weighted by Crippen LogP contribution is 2.28. The van der Waals surface area contributed by atoms with Crippen molar-refractivity contribution in [3.63, 3.8) is 0 Å². The number of phenolic OH excluding ortho intramolecular Hbond substituents is 1. The number of benzene rings is 2. The molecule has 1 saturated heterocycles. The normalized spacial score (nSPS) is 15.5. The highest BCUT2D eigenvalue weighted by Gasteiger charge is 2.20. The Labute approximate surface area is 164 Å². The van der Waals surface area contributed by atoms with Gasteiger partial charge in [0.15, 0.2) is 0 Å². The quantitative estimate of drug-likeness (QED) is 0.730. The Morgan fingerprint density at radius 2 is 1.75 bits per heavy atom. The van der Waals surface area contributed by atoms with Crippen LogP contribution in [0.2, 0.25) is 0 Å². The Balaban J connectivity index is 1.74. The van der Waals surface area contributed by atoms with Crippen molar-refractivity contribution in [3.05, 3.63) is 58.4 Å². The van der Waals surface area contributed by atoms with Crippen LogP contribution in [0, 0.1) is 0 Å². The summed E-state index contributed by atoms with van der Waals surface area (Å²) in [4.78, 5) is 14.5. The summed E-state index contributed by atoms with van der Waals surface area (Å²) in [5.41, 5.74) is 2.43. The number of hydrogen-bond acceptors (Lipinski definition) is 4. The van der Waals surface area contributed by atoms with E-state index in [1.54, 1.807) is 19.2 Å².